The van der Waals surface area contributed by atoms with Gasteiger partial charge in [0.1, 0.15) is 18.2 Å². The minimum absolute atomic E-state index is 0.179. The summed E-state index contributed by atoms with van der Waals surface area (Å²) in [6.45, 7) is 2.57. The second-order valence-electron chi connectivity index (χ2n) is 7.96. The molecule has 0 aromatic heterocycles. The summed E-state index contributed by atoms with van der Waals surface area (Å²) < 4.78 is 19.1. The van der Waals surface area contributed by atoms with Crippen LogP contribution in [0.5, 0.6) is 5.75 Å². The van der Waals surface area contributed by atoms with Crippen LogP contribution in [0.4, 0.5) is 4.39 Å². The van der Waals surface area contributed by atoms with Crippen LogP contribution >= 0.6 is 0 Å². The monoisotopic (exact) mass is 381 g/mol. The topological polar surface area (TPSA) is 29.5 Å². The number of aryl methyl sites for hydroxylation is 1. The smallest absolute Gasteiger partial charge is 0.163 e. The van der Waals surface area contributed by atoms with Crippen molar-refractivity contribution in [2.45, 2.75) is 51.0 Å². The van der Waals surface area contributed by atoms with Crippen molar-refractivity contribution in [3.8, 4) is 5.75 Å². The van der Waals surface area contributed by atoms with Crippen LogP contribution in [0.25, 0.3) is 0 Å². The lowest BCUT2D eigenvalue weighted by Crippen LogP contribution is -2.43. The summed E-state index contributed by atoms with van der Waals surface area (Å²) in [4.78, 5) is 14.6. The molecule has 0 N–H and O–H groups in total. The third-order valence-corrected chi connectivity index (χ3v) is 6.01. The largest absolute Gasteiger partial charge is 0.492 e. The molecule has 1 saturated heterocycles. The molecule has 0 bridgehead atoms. The fraction of sp³-hybridized carbons (Fsp3) is 0.458. The highest BCUT2D eigenvalue weighted by Crippen LogP contribution is 2.26. The van der Waals surface area contributed by atoms with Crippen molar-refractivity contribution in [2.24, 2.45) is 0 Å². The van der Waals surface area contributed by atoms with Gasteiger partial charge in [-0.25, -0.2) is 4.39 Å². The van der Waals surface area contributed by atoms with Gasteiger partial charge in [0.05, 0.1) is 0 Å². The maximum absolute atomic E-state index is 13.2. The molecule has 2 aromatic rings. The lowest BCUT2D eigenvalue weighted by molar-refractivity contribution is 0.0971. The highest BCUT2D eigenvalue weighted by Gasteiger charge is 2.23. The molecule has 148 valence electrons. The number of likely N-dealkylation sites (tertiary alicyclic amines) is 1. The van der Waals surface area contributed by atoms with E-state index < -0.39 is 0 Å². The number of rotatable bonds is 6. The van der Waals surface area contributed by atoms with E-state index in [1.54, 1.807) is 12.1 Å². The summed E-state index contributed by atoms with van der Waals surface area (Å²) in [6.07, 6.45) is 7.17. The number of nitrogens with zero attached hydrogens (tertiary/aromatic N) is 1. The third kappa shape index (κ3) is 4.61. The molecular weight excluding hydrogens is 353 g/mol. The van der Waals surface area contributed by atoms with E-state index in [0.29, 0.717) is 19.1 Å². The number of carbonyl (C=O) groups excluding carboxylic acids is 1. The molecule has 1 aliphatic heterocycles. The number of piperidine rings is 1. The van der Waals surface area contributed by atoms with Crippen LogP contribution in [0.15, 0.2) is 42.5 Å². The van der Waals surface area contributed by atoms with Crippen molar-refractivity contribution in [3.63, 3.8) is 0 Å². The zero-order valence-electron chi connectivity index (χ0n) is 16.3. The minimum atomic E-state index is -0.179. The molecule has 4 heteroatoms. The van der Waals surface area contributed by atoms with Crippen LogP contribution < -0.4 is 4.74 Å². The quantitative estimate of drug-likeness (QED) is 0.718. The number of hydrogen-bond donors (Lipinski definition) is 0. The maximum Gasteiger partial charge on any atom is 0.163 e. The number of carbonyl (C=O) groups is 1. The van der Waals surface area contributed by atoms with E-state index in [2.05, 4.69) is 4.90 Å². The fourth-order valence-electron chi connectivity index (χ4n) is 4.46. The van der Waals surface area contributed by atoms with Gasteiger partial charge in [-0.05, 0) is 74.0 Å². The molecule has 0 radical (unpaired) electrons. The number of fused-ring (bicyclic) bond motifs is 1. The second-order valence-corrected chi connectivity index (χ2v) is 7.96. The van der Waals surface area contributed by atoms with Crippen LogP contribution in [0.3, 0.4) is 0 Å². The van der Waals surface area contributed by atoms with E-state index in [4.69, 9.17) is 4.74 Å². The molecule has 0 saturated carbocycles. The zero-order chi connectivity index (χ0) is 19.3. The molecule has 4 rings (SSSR count). The first kappa shape index (κ1) is 19.1. The molecule has 28 heavy (non-hydrogen) atoms. The van der Waals surface area contributed by atoms with Gasteiger partial charge < -0.3 is 4.74 Å². The Kier molecular flexibility index (Phi) is 6.06. The van der Waals surface area contributed by atoms with Crippen LogP contribution in [-0.4, -0.2) is 36.4 Å². The van der Waals surface area contributed by atoms with Crippen molar-refractivity contribution in [3.05, 3.63) is 65.0 Å². The normalized spacial score (nSPS) is 20.0. The molecular formula is C24H28FNO2. The summed E-state index contributed by atoms with van der Waals surface area (Å²) in [5.41, 5.74) is 3.18. The van der Waals surface area contributed by atoms with E-state index in [-0.39, 0.29) is 11.6 Å². The van der Waals surface area contributed by atoms with Crippen molar-refractivity contribution in [1.29, 1.82) is 0 Å². The van der Waals surface area contributed by atoms with Crippen molar-refractivity contribution < 1.29 is 13.9 Å². The van der Waals surface area contributed by atoms with Crippen molar-refractivity contribution in [2.75, 3.05) is 19.7 Å². The van der Waals surface area contributed by atoms with E-state index in [0.717, 1.165) is 49.2 Å². The van der Waals surface area contributed by atoms with Crippen molar-refractivity contribution in [1.82, 2.24) is 4.90 Å². The highest BCUT2D eigenvalue weighted by atomic mass is 19.1. The summed E-state index contributed by atoms with van der Waals surface area (Å²) >= 11 is 0. The highest BCUT2D eigenvalue weighted by molar-refractivity contribution is 5.98. The fourth-order valence-corrected chi connectivity index (χ4v) is 4.46. The molecule has 1 fully saturated rings. The Morgan fingerprint density at radius 1 is 1.04 bits per heavy atom. The van der Waals surface area contributed by atoms with E-state index >= 15 is 0 Å². The molecule has 0 amide bonds. The van der Waals surface area contributed by atoms with Crippen LogP contribution in [-0.2, 0) is 12.8 Å². The Balaban J connectivity index is 1.33. The Morgan fingerprint density at radius 3 is 2.75 bits per heavy atom. The summed E-state index contributed by atoms with van der Waals surface area (Å²) in [5.74, 6) is 0.851. The summed E-state index contributed by atoms with van der Waals surface area (Å²) in [6, 6.07) is 13.3. The lowest BCUT2D eigenvalue weighted by Gasteiger charge is -2.35. The number of hydrogen-bond acceptors (Lipinski definition) is 3. The Hall–Kier alpha value is -2.20. The van der Waals surface area contributed by atoms with Gasteiger partial charge in [-0.3, -0.25) is 9.69 Å². The van der Waals surface area contributed by atoms with Crippen LogP contribution in [0.2, 0.25) is 0 Å². The lowest BCUT2D eigenvalue weighted by atomic mass is 9.90. The predicted octanol–water partition coefficient (Wildman–Crippen LogP) is 4.82. The molecule has 1 atom stereocenters. The molecule has 3 nitrogen and oxygen atoms in total. The zero-order valence-corrected chi connectivity index (χ0v) is 16.3. The average molecular weight is 381 g/mol. The van der Waals surface area contributed by atoms with Gasteiger partial charge in [0.2, 0.25) is 0 Å². The Labute approximate surface area is 166 Å². The maximum atomic E-state index is 13.2. The minimum Gasteiger partial charge on any atom is -0.492 e. The van der Waals surface area contributed by atoms with Gasteiger partial charge >= 0.3 is 0 Å². The van der Waals surface area contributed by atoms with Gasteiger partial charge in [0.25, 0.3) is 0 Å². The number of benzene rings is 2. The van der Waals surface area contributed by atoms with Gasteiger partial charge in [-0.1, -0.05) is 24.6 Å². The third-order valence-electron chi connectivity index (χ3n) is 6.01. The van der Waals surface area contributed by atoms with E-state index in [9.17, 15) is 9.18 Å². The second kappa shape index (κ2) is 8.87. The SMILES string of the molecule is O=C1CCCc2ccc(OCCN3CCCCC3Cc3ccc(F)cc3)cc21. The molecule has 0 spiro atoms. The van der Waals surface area contributed by atoms with Crippen LogP contribution in [0, 0.1) is 5.82 Å². The number of ether oxygens (including phenoxy) is 1. The van der Waals surface area contributed by atoms with Gasteiger partial charge in [0.15, 0.2) is 5.78 Å². The Bertz CT molecular complexity index is 818. The molecule has 1 aliphatic carbocycles. The summed E-state index contributed by atoms with van der Waals surface area (Å²) in [7, 11) is 0. The van der Waals surface area contributed by atoms with Gasteiger partial charge in [-0.2, -0.15) is 0 Å². The molecule has 2 aromatic carbocycles. The van der Waals surface area contributed by atoms with E-state index in [1.807, 2.05) is 30.3 Å². The first-order chi connectivity index (χ1) is 13.7. The van der Waals surface area contributed by atoms with Crippen molar-refractivity contribution >= 4 is 5.78 Å². The number of Topliss-reactive ketones (excluding diaryl/α,β-unsaturated/α-hetero) is 1. The average Bonchev–Trinajstić information content (AvgIpc) is 2.71. The van der Waals surface area contributed by atoms with Gasteiger partial charge in [0, 0.05) is 24.6 Å². The Morgan fingerprint density at radius 2 is 1.89 bits per heavy atom. The molecule has 1 heterocycles. The number of ketones is 1. The first-order valence-electron chi connectivity index (χ1n) is 10.5. The first-order valence-corrected chi connectivity index (χ1v) is 10.5. The predicted molar refractivity (Wildman–Crippen MR) is 109 cm³/mol. The molecule has 2 aliphatic rings. The standard InChI is InChI=1S/C24H28FNO2/c25-20-10-7-18(8-11-20)16-21-5-1-2-13-26(21)14-15-28-22-12-9-19-4-3-6-24(27)23(19)17-22/h7-12,17,21H,1-6,13-16H2. The molecule has 1 unspecified atom stereocenters. The number of halogens is 1. The van der Waals surface area contributed by atoms with Gasteiger partial charge in [-0.15, -0.1) is 0 Å². The van der Waals surface area contributed by atoms with Crippen LogP contribution in [0.1, 0.15) is 53.6 Å². The summed E-state index contributed by atoms with van der Waals surface area (Å²) in [5, 5.41) is 0. The van der Waals surface area contributed by atoms with E-state index in [1.165, 1.54) is 24.8 Å².